The number of halogens is 17. The molecule has 18 heteroatoms. The van der Waals surface area contributed by atoms with E-state index in [1.807, 2.05) is 0 Å². The molecular weight excluding hydrogens is 603 g/mol. The minimum atomic E-state index is -8.66. The Kier molecular flexibility index (Phi) is 8.81. The molecule has 1 unspecified atom stereocenters. The number of benzene rings is 1. The predicted molar refractivity (Wildman–Crippen MR) is 105 cm³/mol. The third kappa shape index (κ3) is 5.10. The largest absolute Gasteiger partial charge is 0.460 e. The highest BCUT2D eigenvalue weighted by Crippen LogP contribution is 2.64. The quantitative estimate of drug-likeness (QED) is 0.236. The van der Waals surface area contributed by atoms with Gasteiger partial charge in [-0.1, -0.05) is 45.0 Å². The second-order valence-corrected chi connectivity index (χ2v) is 10.1. The summed E-state index contributed by atoms with van der Waals surface area (Å²) in [6, 6.07) is 4.67. The van der Waals surface area contributed by atoms with Crippen molar-refractivity contribution in [1.82, 2.24) is 0 Å². The first kappa shape index (κ1) is 36.0. The average molecular weight is 624 g/mol. The second-order valence-electron chi connectivity index (χ2n) is 10.1. The first-order valence-electron chi connectivity index (χ1n) is 10.6. The van der Waals surface area contributed by atoms with Crippen molar-refractivity contribution in [2.24, 2.45) is 0 Å². The van der Waals surface area contributed by atoms with Crippen LogP contribution >= 0.6 is 0 Å². The summed E-state index contributed by atoms with van der Waals surface area (Å²) in [6.45, 7) is 4.96. The zero-order valence-corrected chi connectivity index (χ0v) is 20.9. The molecule has 0 fully saturated rings. The van der Waals surface area contributed by atoms with E-state index in [4.69, 9.17) is 4.74 Å². The third-order valence-electron chi connectivity index (χ3n) is 6.10. The van der Waals surface area contributed by atoms with Gasteiger partial charge in [0.2, 0.25) is 0 Å². The molecule has 40 heavy (non-hydrogen) atoms. The van der Waals surface area contributed by atoms with E-state index >= 15 is 0 Å². The van der Waals surface area contributed by atoms with Crippen molar-refractivity contribution in [3.8, 4) is 0 Å². The van der Waals surface area contributed by atoms with Crippen LogP contribution in [0.2, 0.25) is 0 Å². The lowest BCUT2D eigenvalue weighted by Crippen LogP contribution is -2.74. The van der Waals surface area contributed by atoms with Gasteiger partial charge in [0.05, 0.1) is 12.0 Å². The van der Waals surface area contributed by atoms with E-state index < -0.39 is 70.6 Å². The van der Waals surface area contributed by atoms with Crippen molar-refractivity contribution in [1.29, 1.82) is 0 Å². The fourth-order valence-corrected chi connectivity index (χ4v) is 3.61. The Morgan fingerprint density at radius 2 is 0.825 bits per heavy atom. The number of methoxy groups -OCH3 is 1. The summed E-state index contributed by atoms with van der Waals surface area (Å²) in [6.07, 6.45) is -10.5. The number of ether oxygens (including phenoxy) is 1. The molecule has 0 aliphatic rings. The van der Waals surface area contributed by atoms with Crippen LogP contribution in [0.3, 0.4) is 0 Å². The van der Waals surface area contributed by atoms with Gasteiger partial charge in [-0.25, -0.2) is 0 Å². The molecule has 0 radical (unpaired) electrons. The third-order valence-corrected chi connectivity index (χ3v) is 6.10. The van der Waals surface area contributed by atoms with E-state index in [0.29, 0.717) is 14.0 Å². The first-order valence-corrected chi connectivity index (χ1v) is 10.6. The lowest BCUT2D eigenvalue weighted by Gasteiger charge is -2.44. The number of hydrogen-bond acceptors (Lipinski definition) is 1. The molecule has 0 aliphatic carbocycles. The molecule has 0 N–H and O–H groups in total. The number of alkyl halides is 17. The molecule has 1 nitrogen and oxygen atoms in total. The Morgan fingerprint density at radius 3 is 1.15 bits per heavy atom. The molecule has 0 aromatic heterocycles. The zero-order valence-electron chi connectivity index (χ0n) is 20.9. The van der Waals surface area contributed by atoms with E-state index in [1.165, 1.54) is 32.9 Å². The second kappa shape index (κ2) is 9.78. The topological polar surface area (TPSA) is 9.23 Å². The Labute approximate surface area is 215 Å². The van der Waals surface area contributed by atoms with Crippen LogP contribution in [0.25, 0.3) is 0 Å². The highest BCUT2D eigenvalue weighted by atomic mass is 19.4. The molecular formula is C22H21F17O. The minimum Gasteiger partial charge on any atom is -0.374 e. The normalized spacial score (nSPS) is 17.1. The molecule has 1 aromatic rings. The summed E-state index contributed by atoms with van der Waals surface area (Å²) in [4.78, 5) is 0. The highest BCUT2D eigenvalue weighted by Gasteiger charge is 2.95. The van der Waals surface area contributed by atoms with Gasteiger partial charge in [-0.15, -0.1) is 0 Å². The van der Waals surface area contributed by atoms with Crippen LogP contribution < -0.4 is 0 Å². The van der Waals surface area contributed by atoms with Gasteiger partial charge >= 0.3 is 47.6 Å². The molecule has 0 bridgehead atoms. The Balaban J connectivity index is 3.76. The summed E-state index contributed by atoms with van der Waals surface area (Å²) in [5.74, 6) is -56.7. The van der Waals surface area contributed by atoms with Crippen LogP contribution in [0.15, 0.2) is 24.3 Å². The molecule has 0 spiro atoms. The zero-order chi connectivity index (χ0) is 32.4. The smallest absolute Gasteiger partial charge is 0.374 e. The van der Waals surface area contributed by atoms with E-state index in [2.05, 4.69) is 0 Å². The summed E-state index contributed by atoms with van der Waals surface area (Å²) in [5.41, 5.74) is -4.17. The Bertz CT molecular complexity index is 1050. The predicted octanol–water partition coefficient (Wildman–Crippen LogP) is 9.25. The van der Waals surface area contributed by atoms with Crippen molar-refractivity contribution in [3.05, 3.63) is 35.4 Å². The highest BCUT2D eigenvalue weighted by molar-refractivity contribution is 5.37. The van der Waals surface area contributed by atoms with Gasteiger partial charge in [-0.05, 0) is 23.5 Å². The first-order chi connectivity index (χ1) is 17.2. The summed E-state index contributed by atoms with van der Waals surface area (Å²) in [5, 5.41) is 0. The SMILES string of the molecule is COC(C)(CC(F)(F)C(F)(F)C(F)(F)C(F)(F)C(F)(F)C(F)(F)C(F)(F)C(F)(F)F)c1ccccc1C(C)(C)C. The maximum atomic E-state index is 14.7. The van der Waals surface area contributed by atoms with Crippen molar-refractivity contribution in [3.63, 3.8) is 0 Å². The van der Waals surface area contributed by atoms with Crippen molar-refractivity contribution in [2.45, 2.75) is 92.8 Å². The van der Waals surface area contributed by atoms with Gasteiger partial charge in [-0.3, -0.25) is 0 Å². The summed E-state index contributed by atoms with van der Waals surface area (Å²) >= 11 is 0. The summed E-state index contributed by atoms with van der Waals surface area (Å²) in [7, 11) is 0.578. The van der Waals surface area contributed by atoms with Crippen molar-refractivity contribution >= 4 is 0 Å². The van der Waals surface area contributed by atoms with Gasteiger partial charge in [0.15, 0.2) is 0 Å². The number of hydrogen-bond donors (Lipinski definition) is 0. The van der Waals surface area contributed by atoms with Crippen LogP contribution in [0.5, 0.6) is 0 Å². The molecule has 0 amide bonds. The fraction of sp³-hybridized carbons (Fsp3) is 0.727. The lowest BCUT2D eigenvalue weighted by molar-refractivity contribution is -0.462. The van der Waals surface area contributed by atoms with Crippen molar-refractivity contribution < 1.29 is 79.4 Å². The minimum absolute atomic E-state index is 0.0520. The van der Waals surface area contributed by atoms with Crippen LogP contribution in [-0.2, 0) is 15.8 Å². The van der Waals surface area contributed by atoms with Crippen LogP contribution in [0.4, 0.5) is 74.6 Å². The fourth-order valence-electron chi connectivity index (χ4n) is 3.61. The van der Waals surface area contributed by atoms with Crippen LogP contribution in [0, 0.1) is 0 Å². The maximum absolute atomic E-state index is 14.7. The molecule has 234 valence electrons. The summed E-state index contributed by atoms with van der Waals surface area (Å²) < 4.78 is 236. The van der Waals surface area contributed by atoms with Gasteiger partial charge in [0.25, 0.3) is 0 Å². The lowest BCUT2D eigenvalue weighted by atomic mass is 9.76. The van der Waals surface area contributed by atoms with Crippen LogP contribution in [-0.4, -0.2) is 54.7 Å². The van der Waals surface area contributed by atoms with Crippen molar-refractivity contribution in [2.75, 3.05) is 7.11 Å². The molecule has 1 rings (SSSR count). The monoisotopic (exact) mass is 624 g/mol. The van der Waals surface area contributed by atoms with E-state index in [9.17, 15) is 74.6 Å². The molecule has 0 aliphatic heterocycles. The van der Waals surface area contributed by atoms with Crippen LogP contribution in [0.1, 0.15) is 45.2 Å². The Hall–Kier alpha value is -2.01. The van der Waals surface area contributed by atoms with Gasteiger partial charge in [0.1, 0.15) is 0 Å². The number of rotatable bonds is 10. The molecule has 1 aromatic carbocycles. The Morgan fingerprint density at radius 1 is 0.500 bits per heavy atom. The van der Waals surface area contributed by atoms with Gasteiger partial charge < -0.3 is 4.74 Å². The van der Waals surface area contributed by atoms with Gasteiger partial charge in [0, 0.05) is 7.11 Å². The van der Waals surface area contributed by atoms with E-state index in [1.54, 1.807) is 0 Å². The maximum Gasteiger partial charge on any atom is 0.460 e. The van der Waals surface area contributed by atoms with E-state index in [-0.39, 0.29) is 5.56 Å². The molecule has 0 heterocycles. The molecule has 0 saturated heterocycles. The molecule has 1 atom stereocenters. The standard InChI is InChI=1S/C22H21F17O/c1-13(2,3)11-8-6-7-9-12(11)14(4,40-5)10-15(23,24)16(25,26)17(27,28)18(29,30)19(31,32)20(33,34)21(35,36)22(37,38)39/h6-9H,10H2,1-5H3. The van der Waals surface area contributed by atoms with Gasteiger partial charge in [-0.2, -0.15) is 74.6 Å². The van der Waals surface area contributed by atoms with E-state index in [0.717, 1.165) is 12.1 Å². The average Bonchev–Trinajstić information content (AvgIpc) is 2.76. The molecule has 0 saturated carbocycles.